The van der Waals surface area contributed by atoms with Crippen molar-refractivity contribution in [1.82, 2.24) is 5.16 Å². The Bertz CT molecular complexity index is 513. The molecule has 0 radical (unpaired) electrons. The maximum absolute atomic E-state index is 9.33. The summed E-state index contributed by atoms with van der Waals surface area (Å²) in [7, 11) is 0. The highest BCUT2D eigenvalue weighted by Gasteiger charge is 2.08. The molecule has 4 heteroatoms. The van der Waals surface area contributed by atoms with Gasteiger partial charge >= 0.3 is 0 Å². The summed E-state index contributed by atoms with van der Waals surface area (Å²) in [5.41, 5.74) is 4.00. The second-order valence-corrected chi connectivity index (χ2v) is 4.16. The molecule has 0 unspecified atom stereocenters. The minimum absolute atomic E-state index is 0.283. The molecule has 0 fully saturated rings. The van der Waals surface area contributed by atoms with Gasteiger partial charge in [-0.1, -0.05) is 5.16 Å². The highest BCUT2D eigenvalue weighted by atomic mass is 16.5. The second kappa shape index (κ2) is 4.49. The molecule has 0 amide bonds. The van der Waals surface area contributed by atoms with Crippen molar-refractivity contribution in [2.24, 2.45) is 0 Å². The van der Waals surface area contributed by atoms with Gasteiger partial charge in [0.15, 0.2) is 0 Å². The van der Waals surface area contributed by atoms with Gasteiger partial charge in [0.25, 0.3) is 0 Å². The van der Waals surface area contributed by atoms with Gasteiger partial charge in [-0.3, -0.25) is 0 Å². The smallest absolute Gasteiger partial charge is 0.138 e. The van der Waals surface area contributed by atoms with E-state index in [4.69, 9.17) is 4.52 Å². The number of nitrogens with zero attached hydrogens (tertiary/aromatic N) is 1. The number of hydrogen-bond donors (Lipinski definition) is 2. The molecule has 0 saturated heterocycles. The molecule has 2 rings (SSSR count). The van der Waals surface area contributed by atoms with Crippen LogP contribution in [0.5, 0.6) is 5.75 Å². The highest BCUT2D eigenvalue weighted by molar-refractivity contribution is 5.53. The van der Waals surface area contributed by atoms with E-state index in [0.717, 1.165) is 28.3 Å². The van der Waals surface area contributed by atoms with E-state index in [0.29, 0.717) is 6.54 Å². The molecule has 90 valence electrons. The van der Waals surface area contributed by atoms with Crippen LogP contribution in [0.15, 0.2) is 22.7 Å². The number of anilines is 1. The van der Waals surface area contributed by atoms with Crippen molar-refractivity contribution in [2.75, 3.05) is 5.32 Å². The third-order valence-electron chi connectivity index (χ3n) is 2.85. The number of aryl methyl sites for hydroxylation is 3. The van der Waals surface area contributed by atoms with Crippen LogP contribution in [0, 0.1) is 20.8 Å². The highest BCUT2D eigenvalue weighted by Crippen LogP contribution is 2.21. The Labute approximate surface area is 100 Å². The summed E-state index contributed by atoms with van der Waals surface area (Å²) in [6.45, 7) is 6.46. The lowest BCUT2D eigenvalue weighted by molar-refractivity contribution is 0.392. The Morgan fingerprint density at radius 2 is 2.06 bits per heavy atom. The molecular formula is C13H16N2O2. The predicted octanol–water partition coefficient (Wildman–Crippen LogP) is 2.92. The van der Waals surface area contributed by atoms with Crippen molar-refractivity contribution >= 4 is 5.69 Å². The van der Waals surface area contributed by atoms with Crippen molar-refractivity contribution in [2.45, 2.75) is 27.3 Å². The fourth-order valence-electron chi connectivity index (χ4n) is 1.78. The molecule has 0 saturated carbocycles. The number of aromatic nitrogens is 1. The van der Waals surface area contributed by atoms with Crippen LogP contribution in [0.3, 0.4) is 0 Å². The first-order valence-electron chi connectivity index (χ1n) is 5.53. The summed E-state index contributed by atoms with van der Waals surface area (Å²) in [5.74, 6) is 1.12. The monoisotopic (exact) mass is 232 g/mol. The van der Waals surface area contributed by atoms with Crippen molar-refractivity contribution in [3.05, 3.63) is 40.8 Å². The zero-order chi connectivity index (χ0) is 12.4. The predicted molar refractivity (Wildman–Crippen MR) is 66.1 cm³/mol. The fraction of sp³-hybridized carbons (Fsp3) is 0.308. The average molecular weight is 232 g/mol. The number of rotatable bonds is 3. The van der Waals surface area contributed by atoms with Gasteiger partial charge < -0.3 is 14.9 Å². The zero-order valence-electron chi connectivity index (χ0n) is 10.2. The quantitative estimate of drug-likeness (QED) is 0.799. The van der Waals surface area contributed by atoms with Gasteiger partial charge in [0.2, 0.25) is 0 Å². The summed E-state index contributed by atoms with van der Waals surface area (Å²) in [4.78, 5) is 0. The van der Waals surface area contributed by atoms with Crippen LogP contribution in [-0.2, 0) is 6.54 Å². The maximum Gasteiger partial charge on any atom is 0.138 e. The Morgan fingerprint density at radius 3 is 2.65 bits per heavy atom. The summed E-state index contributed by atoms with van der Waals surface area (Å²) in [5, 5.41) is 16.5. The molecule has 0 atom stereocenters. The second-order valence-electron chi connectivity index (χ2n) is 4.16. The van der Waals surface area contributed by atoms with Crippen molar-refractivity contribution < 1.29 is 9.63 Å². The van der Waals surface area contributed by atoms with E-state index in [2.05, 4.69) is 10.5 Å². The number of phenolic OH excluding ortho intramolecular Hbond substituents is 1. The summed E-state index contributed by atoms with van der Waals surface area (Å²) >= 11 is 0. The third-order valence-corrected chi connectivity index (χ3v) is 2.85. The van der Waals surface area contributed by atoms with E-state index in [1.807, 2.05) is 26.8 Å². The van der Waals surface area contributed by atoms with Gasteiger partial charge in [0, 0.05) is 17.8 Å². The lowest BCUT2D eigenvalue weighted by Crippen LogP contribution is -2.02. The maximum atomic E-state index is 9.33. The molecule has 0 aliphatic carbocycles. The lowest BCUT2D eigenvalue weighted by Gasteiger charge is -2.09. The first kappa shape index (κ1) is 11.5. The van der Waals surface area contributed by atoms with Gasteiger partial charge in [-0.25, -0.2) is 0 Å². The van der Waals surface area contributed by atoms with Crippen LogP contribution in [0.25, 0.3) is 0 Å². The molecule has 17 heavy (non-hydrogen) atoms. The molecule has 0 spiro atoms. The summed E-state index contributed by atoms with van der Waals surface area (Å²) in [6.07, 6.45) is 0. The molecule has 0 aliphatic heterocycles. The minimum atomic E-state index is 0.283. The first-order chi connectivity index (χ1) is 8.08. The largest absolute Gasteiger partial charge is 0.508 e. The van der Waals surface area contributed by atoms with Crippen LogP contribution in [0.2, 0.25) is 0 Å². The van der Waals surface area contributed by atoms with Crippen LogP contribution >= 0.6 is 0 Å². The average Bonchev–Trinajstić information content (AvgIpc) is 2.58. The summed E-state index contributed by atoms with van der Waals surface area (Å²) < 4.78 is 5.10. The summed E-state index contributed by atoms with van der Waals surface area (Å²) in [6, 6.07) is 5.27. The molecular weight excluding hydrogens is 216 g/mol. The van der Waals surface area contributed by atoms with Crippen LogP contribution < -0.4 is 5.32 Å². The number of aromatic hydroxyl groups is 1. The van der Waals surface area contributed by atoms with Gasteiger partial charge in [-0.2, -0.15) is 0 Å². The van der Waals surface area contributed by atoms with Crippen LogP contribution in [0.4, 0.5) is 5.69 Å². The van der Waals surface area contributed by atoms with Crippen molar-refractivity contribution in [3.63, 3.8) is 0 Å². The fourth-order valence-corrected chi connectivity index (χ4v) is 1.78. The Kier molecular flexibility index (Phi) is 3.04. The number of hydrogen-bond acceptors (Lipinski definition) is 4. The van der Waals surface area contributed by atoms with E-state index >= 15 is 0 Å². The van der Waals surface area contributed by atoms with Gasteiger partial charge in [-0.05, 0) is 44.5 Å². The third kappa shape index (κ3) is 2.41. The van der Waals surface area contributed by atoms with Crippen LogP contribution in [0.1, 0.15) is 22.6 Å². The van der Waals surface area contributed by atoms with Gasteiger partial charge in [0.05, 0.1) is 5.69 Å². The van der Waals surface area contributed by atoms with E-state index in [9.17, 15) is 5.11 Å². The lowest BCUT2D eigenvalue weighted by atomic mass is 10.1. The Balaban J connectivity index is 2.13. The van der Waals surface area contributed by atoms with Gasteiger partial charge in [-0.15, -0.1) is 0 Å². The molecule has 1 aromatic carbocycles. The Morgan fingerprint density at radius 1 is 1.29 bits per heavy atom. The molecule has 0 bridgehead atoms. The topological polar surface area (TPSA) is 58.3 Å². The molecule has 1 aromatic heterocycles. The van der Waals surface area contributed by atoms with Crippen molar-refractivity contribution in [1.29, 1.82) is 0 Å². The SMILES string of the molecule is Cc1cc(O)ccc1NCc1c(C)noc1C. The standard InChI is InChI=1S/C13H16N2O2/c1-8-6-11(16)4-5-13(8)14-7-12-9(2)15-17-10(12)3/h4-6,14,16H,7H2,1-3H3. The van der Waals surface area contributed by atoms with E-state index in [1.165, 1.54) is 0 Å². The molecule has 4 nitrogen and oxygen atoms in total. The van der Waals surface area contributed by atoms with E-state index in [-0.39, 0.29) is 5.75 Å². The normalized spacial score (nSPS) is 10.5. The minimum Gasteiger partial charge on any atom is -0.508 e. The number of nitrogens with one attached hydrogen (secondary N) is 1. The molecule has 2 aromatic rings. The molecule has 2 N–H and O–H groups in total. The Hall–Kier alpha value is -1.97. The number of benzene rings is 1. The number of phenols is 1. The van der Waals surface area contributed by atoms with Gasteiger partial charge in [0.1, 0.15) is 11.5 Å². The zero-order valence-corrected chi connectivity index (χ0v) is 10.2. The molecule has 0 aliphatic rings. The van der Waals surface area contributed by atoms with Crippen LogP contribution in [-0.4, -0.2) is 10.3 Å². The van der Waals surface area contributed by atoms with Crippen molar-refractivity contribution in [3.8, 4) is 5.75 Å². The molecule has 1 heterocycles. The van der Waals surface area contributed by atoms with E-state index in [1.54, 1.807) is 12.1 Å². The van der Waals surface area contributed by atoms with E-state index < -0.39 is 0 Å². The first-order valence-corrected chi connectivity index (χ1v) is 5.53.